The van der Waals surface area contributed by atoms with Gasteiger partial charge in [0.05, 0.1) is 17.1 Å². The van der Waals surface area contributed by atoms with Crippen molar-refractivity contribution in [2.75, 3.05) is 18.4 Å². The van der Waals surface area contributed by atoms with Crippen molar-refractivity contribution in [1.29, 1.82) is 0 Å². The summed E-state index contributed by atoms with van der Waals surface area (Å²) >= 11 is 1.13. The van der Waals surface area contributed by atoms with Gasteiger partial charge in [0.15, 0.2) is 0 Å². The summed E-state index contributed by atoms with van der Waals surface area (Å²) in [5.41, 5.74) is 11.5. The number of amides is 4. The molecule has 5 N–H and O–H groups in total. The lowest BCUT2D eigenvalue weighted by Crippen LogP contribution is -2.46. The van der Waals surface area contributed by atoms with E-state index in [1.54, 1.807) is 6.07 Å². The zero-order valence-corrected chi connectivity index (χ0v) is 16.7. The summed E-state index contributed by atoms with van der Waals surface area (Å²) in [5.74, 6) is -0.0484. The summed E-state index contributed by atoms with van der Waals surface area (Å²) in [7, 11) is 0. The van der Waals surface area contributed by atoms with Crippen molar-refractivity contribution in [3.05, 3.63) is 41.3 Å². The van der Waals surface area contributed by atoms with Crippen LogP contribution in [0.3, 0.4) is 0 Å². The summed E-state index contributed by atoms with van der Waals surface area (Å²) in [6, 6.07) is 9.67. The highest BCUT2D eigenvalue weighted by molar-refractivity contribution is 7.18. The molecule has 3 aromatic rings. The van der Waals surface area contributed by atoms with Gasteiger partial charge in [0, 0.05) is 11.9 Å². The highest BCUT2D eigenvalue weighted by atomic mass is 32.1. The number of nitrogens with one attached hydrogen (secondary N) is 1. The van der Waals surface area contributed by atoms with E-state index in [9.17, 15) is 14.4 Å². The molecule has 1 aliphatic rings. The SMILES string of the molecule is NC(=O)Nc1cc(-c2cc3ccccc3o2)sc1C(=O)OC1CCCN(C(N)=O)C1. The molecular weight excluding hydrogens is 408 g/mol. The Morgan fingerprint density at radius 2 is 2.00 bits per heavy atom. The predicted octanol–water partition coefficient (Wildman–Crippen LogP) is 3.35. The number of nitrogens with two attached hydrogens (primary N) is 2. The molecule has 30 heavy (non-hydrogen) atoms. The molecule has 1 saturated heterocycles. The van der Waals surface area contributed by atoms with Crippen molar-refractivity contribution in [3.63, 3.8) is 0 Å². The lowest BCUT2D eigenvalue weighted by molar-refractivity contribution is 0.0134. The first-order valence-corrected chi connectivity index (χ1v) is 10.2. The molecule has 0 aliphatic carbocycles. The second-order valence-electron chi connectivity index (χ2n) is 6.94. The zero-order valence-electron chi connectivity index (χ0n) is 15.9. The molecule has 1 aliphatic heterocycles. The Balaban J connectivity index is 1.60. The van der Waals surface area contributed by atoms with Gasteiger partial charge in [-0.25, -0.2) is 14.4 Å². The number of esters is 1. The van der Waals surface area contributed by atoms with Crippen LogP contribution in [0.4, 0.5) is 15.3 Å². The Kier molecular flexibility index (Phi) is 5.32. The fourth-order valence-electron chi connectivity index (χ4n) is 3.43. The van der Waals surface area contributed by atoms with Gasteiger partial charge in [-0.15, -0.1) is 11.3 Å². The number of primary amides is 2. The monoisotopic (exact) mass is 428 g/mol. The molecule has 0 bridgehead atoms. The van der Waals surface area contributed by atoms with Gasteiger partial charge in [-0.05, 0) is 31.0 Å². The number of hydrogen-bond donors (Lipinski definition) is 3. The molecular formula is C20H20N4O5S. The normalized spacial score (nSPS) is 16.4. The van der Waals surface area contributed by atoms with Crippen LogP contribution in [0, 0.1) is 0 Å². The molecule has 4 amide bonds. The number of rotatable bonds is 4. The standard InChI is InChI=1S/C20H20N4O5S/c21-19(26)23-13-9-16(15-8-11-4-1-2-6-14(11)29-15)30-17(13)18(25)28-12-5-3-7-24(10-12)20(22)27/h1-2,4,6,8-9,12H,3,5,7,10H2,(H2,22,27)(H3,21,23,26). The summed E-state index contributed by atoms with van der Waals surface area (Å²) in [6.45, 7) is 0.772. The number of urea groups is 2. The van der Waals surface area contributed by atoms with E-state index in [1.165, 1.54) is 4.90 Å². The second-order valence-corrected chi connectivity index (χ2v) is 8.00. The lowest BCUT2D eigenvalue weighted by Gasteiger charge is -2.31. The highest BCUT2D eigenvalue weighted by Crippen LogP contribution is 2.38. The molecule has 9 nitrogen and oxygen atoms in total. The van der Waals surface area contributed by atoms with Gasteiger partial charge in [-0.2, -0.15) is 0 Å². The van der Waals surface area contributed by atoms with E-state index in [0.29, 0.717) is 35.6 Å². The number of likely N-dealkylation sites (tertiary alicyclic amines) is 1. The van der Waals surface area contributed by atoms with E-state index < -0.39 is 24.1 Å². The van der Waals surface area contributed by atoms with E-state index in [-0.39, 0.29) is 17.1 Å². The van der Waals surface area contributed by atoms with E-state index in [2.05, 4.69) is 5.32 Å². The molecule has 1 aromatic carbocycles. The average Bonchev–Trinajstić information content (AvgIpc) is 3.31. The van der Waals surface area contributed by atoms with Gasteiger partial charge in [0.1, 0.15) is 22.3 Å². The number of carbonyl (C=O) groups is 3. The summed E-state index contributed by atoms with van der Waals surface area (Å²) < 4.78 is 11.4. The molecule has 0 spiro atoms. The van der Waals surface area contributed by atoms with Crippen LogP contribution in [0.25, 0.3) is 21.6 Å². The lowest BCUT2D eigenvalue weighted by atomic mass is 10.1. The molecule has 1 atom stereocenters. The Labute approximate surface area is 175 Å². The fraction of sp³-hybridized carbons (Fsp3) is 0.250. The third kappa shape index (κ3) is 4.08. The molecule has 156 valence electrons. The number of benzene rings is 1. The maximum atomic E-state index is 12.8. The smallest absolute Gasteiger partial charge is 0.350 e. The highest BCUT2D eigenvalue weighted by Gasteiger charge is 2.28. The van der Waals surface area contributed by atoms with Gasteiger partial charge >= 0.3 is 18.0 Å². The Hall–Kier alpha value is -3.53. The minimum absolute atomic E-state index is 0.195. The average molecular weight is 428 g/mol. The summed E-state index contributed by atoms with van der Waals surface area (Å²) in [5, 5.41) is 3.38. The third-order valence-corrected chi connectivity index (χ3v) is 5.94. The minimum Gasteiger partial charge on any atom is -0.456 e. The molecule has 2 aromatic heterocycles. The van der Waals surface area contributed by atoms with Crippen LogP contribution in [0.2, 0.25) is 0 Å². The van der Waals surface area contributed by atoms with Crippen LogP contribution < -0.4 is 16.8 Å². The van der Waals surface area contributed by atoms with Crippen LogP contribution in [0.1, 0.15) is 22.5 Å². The van der Waals surface area contributed by atoms with Crippen LogP contribution in [0.15, 0.2) is 40.8 Å². The predicted molar refractivity (Wildman–Crippen MR) is 112 cm³/mol. The van der Waals surface area contributed by atoms with E-state index in [1.807, 2.05) is 30.3 Å². The number of fused-ring (bicyclic) bond motifs is 1. The van der Waals surface area contributed by atoms with Gasteiger partial charge < -0.3 is 30.8 Å². The van der Waals surface area contributed by atoms with Crippen molar-refractivity contribution in [2.24, 2.45) is 11.5 Å². The first-order valence-electron chi connectivity index (χ1n) is 9.35. The van der Waals surface area contributed by atoms with Crippen molar-refractivity contribution >= 4 is 46.0 Å². The molecule has 1 fully saturated rings. The van der Waals surface area contributed by atoms with E-state index in [4.69, 9.17) is 20.6 Å². The number of anilines is 1. The Bertz CT molecular complexity index is 1090. The first-order chi connectivity index (χ1) is 14.4. The van der Waals surface area contributed by atoms with Gasteiger partial charge in [0.25, 0.3) is 0 Å². The maximum absolute atomic E-state index is 12.8. The van der Waals surface area contributed by atoms with Crippen LogP contribution in [-0.4, -0.2) is 42.1 Å². The quantitative estimate of drug-likeness (QED) is 0.547. The van der Waals surface area contributed by atoms with Crippen molar-refractivity contribution in [3.8, 4) is 10.6 Å². The maximum Gasteiger partial charge on any atom is 0.350 e. The molecule has 3 heterocycles. The van der Waals surface area contributed by atoms with Gasteiger partial charge in [-0.1, -0.05) is 18.2 Å². The minimum atomic E-state index is -0.796. The second kappa shape index (κ2) is 8.07. The molecule has 4 rings (SSSR count). The largest absolute Gasteiger partial charge is 0.456 e. The van der Waals surface area contributed by atoms with E-state index in [0.717, 1.165) is 16.7 Å². The van der Waals surface area contributed by atoms with Gasteiger partial charge in [-0.3, -0.25) is 0 Å². The number of hydrogen-bond acceptors (Lipinski definition) is 6. The number of para-hydroxylation sites is 1. The first kappa shape index (κ1) is 19.8. The van der Waals surface area contributed by atoms with E-state index >= 15 is 0 Å². The summed E-state index contributed by atoms with van der Waals surface area (Å²) in [6.07, 6.45) is 0.828. The number of nitrogens with zero attached hydrogens (tertiary/aromatic N) is 1. The fourth-order valence-corrected chi connectivity index (χ4v) is 4.38. The number of thiophene rings is 1. The third-order valence-electron chi connectivity index (χ3n) is 4.81. The number of piperidine rings is 1. The van der Waals surface area contributed by atoms with Crippen LogP contribution in [-0.2, 0) is 4.74 Å². The number of ether oxygens (including phenoxy) is 1. The molecule has 1 unspecified atom stereocenters. The van der Waals surface area contributed by atoms with Crippen LogP contribution in [0.5, 0.6) is 0 Å². The zero-order chi connectivity index (χ0) is 21.3. The number of furan rings is 1. The Morgan fingerprint density at radius 1 is 1.20 bits per heavy atom. The van der Waals surface area contributed by atoms with Crippen molar-refractivity contribution in [1.82, 2.24) is 4.90 Å². The van der Waals surface area contributed by atoms with Gasteiger partial charge in [0.2, 0.25) is 0 Å². The topological polar surface area (TPSA) is 141 Å². The summed E-state index contributed by atoms with van der Waals surface area (Å²) in [4.78, 5) is 37.9. The molecule has 0 saturated carbocycles. The van der Waals surface area contributed by atoms with Crippen molar-refractivity contribution in [2.45, 2.75) is 18.9 Å². The molecule has 0 radical (unpaired) electrons. The van der Waals surface area contributed by atoms with Crippen LogP contribution >= 0.6 is 11.3 Å². The number of carbonyl (C=O) groups excluding carboxylic acids is 3. The Morgan fingerprint density at radius 3 is 2.73 bits per heavy atom. The van der Waals surface area contributed by atoms with Crippen molar-refractivity contribution < 1.29 is 23.5 Å². The molecule has 10 heteroatoms.